The van der Waals surface area contributed by atoms with Crippen molar-refractivity contribution in [1.82, 2.24) is 4.98 Å². The average molecular weight is 278 g/mol. The van der Waals surface area contributed by atoms with Crippen molar-refractivity contribution in [2.45, 2.75) is 13.8 Å². The van der Waals surface area contributed by atoms with Gasteiger partial charge in [-0.05, 0) is 32.0 Å². The summed E-state index contributed by atoms with van der Waals surface area (Å²) in [7, 11) is 0. The highest BCUT2D eigenvalue weighted by atomic mass is 16.5. The van der Waals surface area contributed by atoms with Gasteiger partial charge in [0.15, 0.2) is 5.58 Å². The Morgan fingerprint density at radius 2 is 2.25 bits per heavy atom. The van der Waals surface area contributed by atoms with E-state index in [-0.39, 0.29) is 5.56 Å². The van der Waals surface area contributed by atoms with E-state index in [9.17, 15) is 4.79 Å². The fourth-order valence-corrected chi connectivity index (χ4v) is 1.89. The number of hydrogen-bond acceptors (Lipinski definition) is 5. The highest BCUT2D eigenvalue weighted by Gasteiger charge is 2.14. The van der Waals surface area contributed by atoms with E-state index in [1.807, 2.05) is 18.7 Å². The molecule has 6 nitrogen and oxygen atoms in total. The summed E-state index contributed by atoms with van der Waals surface area (Å²) in [5.41, 5.74) is 1.33. The second-order valence-corrected chi connectivity index (χ2v) is 4.26. The zero-order valence-corrected chi connectivity index (χ0v) is 11.6. The smallest absolute Gasteiger partial charge is 0.335 e. The van der Waals surface area contributed by atoms with Crippen LogP contribution in [0.3, 0.4) is 0 Å². The molecule has 108 valence electrons. The van der Waals surface area contributed by atoms with E-state index >= 15 is 0 Å². The van der Waals surface area contributed by atoms with E-state index in [1.54, 1.807) is 6.07 Å². The maximum absolute atomic E-state index is 10.9. The molecule has 0 saturated heterocycles. The number of nitrogens with zero attached hydrogens (tertiary/aromatic N) is 2. The summed E-state index contributed by atoms with van der Waals surface area (Å²) in [6, 6.07) is 5.16. The van der Waals surface area contributed by atoms with Gasteiger partial charge in [0.25, 0.3) is 6.01 Å². The van der Waals surface area contributed by atoms with Gasteiger partial charge in [0.2, 0.25) is 0 Å². The van der Waals surface area contributed by atoms with Gasteiger partial charge >= 0.3 is 5.97 Å². The van der Waals surface area contributed by atoms with Crippen LogP contribution >= 0.6 is 0 Å². The van der Waals surface area contributed by atoms with E-state index in [4.69, 9.17) is 14.3 Å². The number of carboxylic acids is 1. The molecular weight excluding hydrogens is 260 g/mol. The molecule has 0 aliphatic heterocycles. The lowest BCUT2D eigenvalue weighted by atomic mass is 10.2. The summed E-state index contributed by atoms with van der Waals surface area (Å²) in [4.78, 5) is 17.3. The zero-order valence-electron chi connectivity index (χ0n) is 11.6. The number of aromatic nitrogens is 1. The topological polar surface area (TPSA) is 75.8 Å². The minimum atomic E-state index is -0.978. The lowest BCUT2D eigenvalue weighted by Crippen LogP contribution is -2.27. The average Bonchev–Trinajstić information content (AvgIpc) is 2.86. The predicted molar refractivity (Wildman–Crippen MR) is 75.3 cm³/mol. The van der Waals surface area contributed by atoms with Crippen LogP contribution in [0.1, 0.15) is 24.2 Å². The van der Waals surface area contributed by atoms with Gasteiger partial charge < -0.3 is 19.2 Å². The number of likely N-dealkylation sites (N-methyl/N-ethyl adjacent to an activating group) is 1. The van der Waals surface area contributed by atoms with Crippen LogP contribution in [0.2, 0.25) is 0 Å². The minimum Gasteiger partial charge on any atom is -0.478 e. The van der Waals surface area contributed by atoms with Crippen LogP contribution in [0, 0.1) is 0 Å². The zero-order chi connectivity index (χ0) is 14.5. The first kappa shape index (κ1) is 14.3. The molecule has 0 saturated carbocycles. The Labute approximate surface area is 117 Å². The van der Waals surface area contributed by atoms with Gasteiger partial charge in [0.1, 0.15) is 5.52 Å². The quantitative estimate of drug-likeness (QED) is 0.784. The number of benzene rings is 1. The Balaban J connectivity index is 2.23. The van der Waals surface area contributed by atoms with E-state index in [2.05, 4.69) is 4.98 Å². The van der Waals surface area contributed by atoms with Crippen LogP contribution in [0.15, 0.2) is 22.6 Å². The van der Waals surface area contributed by atoms with Gasteiger partial charge in [0, 0.05) is 19.7 Å². The molecular formula is C14H18N2O4. The van der Waals surface area contributed by atoms with Crippen LogP contribution in [0.25, 0.3) is 11.1 Å². The number of oxazole rings is 1. The molecule has 0 atom stereocenters. The summed E-state index contributed by atoms with van der Waals surface area (Å²) in [6.07, 6.45) is 0. The van der Waals surface area contributed by atoms with Crippen LogP contribution in [-0.4, -0.2) is 42.4 Å². The number of carboxylic acid groups (broad SMARTS) is 1. The molecule has 6 heteroatoms. The molecule has 1 aromatic carbocycles. The van der Waals surface area contributed by atoms with Crippen molar-refractivity contribution in [2.24, 2.45) is 0 Å². The van der Waals surface area contributed by atoms with Gasteiger partial charge in [-0.25, -0.2) is 4.79 Å². The molecule has 0 amide bonds. The predicted octanol–water partition coefficient (Wildman–Crippen LogP) is 2.39. The molecule has 0 bridgehead atoms. The highest BCUT2D eigenvalue weighted by molar-refractivity contribution is 5.92. The lowest BCUT2D eigenvalue weighted by molar-refractivity contribution is 0.0697. The lowest BCUT2D eigenvalue weighted by Gasteiger charge is -2.17. The molecule has 0 spiro atoms. The molecule has 0 fully saturated rings. The second kappa shape index (κ2) is 6.38. The highest BCUT2D eigenvalue weighted by Crippen LogP contribution is 2.22. The third kappa shape index (κ3) is 3.08. The molecule has 20 heavy (non-hydrogen) atoms. The molecule has 1 aromatic heterocycles. The fourth-order valence-electron chi connectivity index (χ4n) is 1.89. The summed E-state index contributed by atoms with van der Waals surface area (Å²) in [5, 5.41) is 8.96. The van der Waals surface area contributed by atoms with Crippen LogP contribution in [-0.2, 0) is 4.74 Å². The SMILES string of the molecule is CCOCCN(CC)c1nc2ccc(C(=O)O)cc2o1. The van der Waals surface area contributed by atoms with Crippen molar-refractivity contribution in [2.75, 3.05) is 31.2 Å². The standard InChI is InChI=1S/C14H18N2O4/c1-3-16(7-8-19-4-2)14-15-11-6-5-10(13(17)18)9-12(11)20-14/h5-6,9H,3-4,7-8H2,1-2H3,(H,17,18). The van der Waals surface area contributed by atoms with Crippen molar-refractivity contribution < 1.29 is 19.1 Å². The van der Waals surface area contributed by atoms with Crippen molar-refractivity contribution in [3.8, 4) is 0 Å². The third-order valence-electron chi connectivity index (χ3n) is 2.99. The van der Waals surface area contributed by atoms with Crippen molar-refractivity contribution in [3.63, 3.8) is 0 Å². The third-order valence-corrected chi connectivity index (χ3v) is 2.99. The number of rotatable bonds is 7. The Bertz CT molecular complexity index is 594. The number of aromatic carboxylic acids is 1. The first-order valence-electron chi connectivity index (χ1n) is 6.62. The molecule has 2 rings (SSSR count). The van der Waals surface area contributed by atoms with Gasteiger partial charge in [0.05, 0.1) is 12.2 Å². The number of ether oxygens (including phenoxy) is 1. The Kier molecular flexibility index (Phi) is 4.57. The maximum Gasteiger partial charge on any atom is 0.335 e. The van der Waals surface area contributed by atoms with Crippen molar-refractivity contribution >= 4 is 23.1 Å². The summed E-state index contributed by atoms with van der Waals surface area (Å²) >= 11 is 0. The molecule has 0 aliphatic rings. The van der Waals surface area contributed by atoms with Crippen LogP contribution < -0.4 is 4.90 Å². The molecule has 0 unspecified atom stereocenters. The van der Waals surface area contributed by atoms with Gasteiger partial charge in [-0.2, -0.15) is 4.98 Å². The Morgan fingerprint density at radius 1 is 1.45 bits per heavy atom. The van der Waals surface area contributed by atoms with E-state index in [1.165, 1.54) is 12.1 Å². The molecule has 0 radical (unpaired) electrons. The second-order valence-electron chi connectivity index (χ2n) is 4.26. The van der Waals surface area contributed by atoms with E-state index < -0.39 is 5.97 Å². The summed E-state index contributed by atoms with van der Waals surface area (Å²) in [5.74, 6) is -0.978. The first-order chi connectivity index (χ1) is 9.65. The van der Waals surface area contributed by atoms with Gasteiger partial charge in [-0.1, -0.05) is 0 Å². The van der Waals surface area contributed by atoms with Gasteiger partial charge in [-0.3, -0.25) is 0 Å². The number of carbonyl (C=O) groups is 1. The van der Waals surface area contributed by atoms with E-state index in [0.29, 0.717) is 36.9 Å². The van der Waals surface area contributed by atoms with Gasteiger partial charge in [-0.15, -0.1) is 0 Å². The molecule has 0 aliphatic carbocycles. The summed E-state index contributed by atoms with van der Waals surface area (Å²) in [6.45, 7) is 6.65. The summed E-state index contributed by atoms with van der Waals surface area (Å²) < 4.78 is 11.0. The number of hydrogen-bond donors (Lipinski definition) is 1. The van der Waals surface area contributed by atoms with E-state index in [0.717, 1.165) is 6.54 Å². The normalized spacial score (nSPS) is 10.9. The molecule has 2 aromatic rings. The molecule has 1 heterocycles. The monoisotopic (exact) mass is 278 g/mol. The van der Waals surface area contributed by atoms with Crippen molar-refractivity contribution in [3.05, 3.63) is 23.8 Å². The Hall–Kier alpha value is -2.08. The number of anilines is 1. The first-order valence-corrected chi connectivity index (χ1v) is 6.62. The maximum atomic E-state index is 10.9. The fraction of sp³-hybridized carbons (Fsp3) is 0.429. The minimum absolute atomic E-state index is 0.192. The molecule has 1 N–H and O–H groups in total. The number of fused-ring (bicyclic) bond motifs is 1. The Morgan fingerprint density at radius 3 is 2.90 bits per heavy atom. The largest absolute Gasteiger partial charge is 0.478 e. The van der Waals surface area contributed by atoms with Crippen LogP contribution in [0.4, 0.5) is 6.01 Å². The van der Waals surface area contributed by atoms with Crippen LogP contribution in [0.5, 0.6) is 0 Å². The van der Waals surface area contributed by atoms with Crippen molar-refractivity contribution in [1.29, 1.82) is 0 Å².